The number of rotatable bonds is 33. The van der Waals surface area contributed by atoms with Gasteiger partial charge < -0.3 is 14.0 Å². The monoisotopic (exact) mass is 756 g/mol. The number of hydrogen-bond acceptors (Lipinski definition) is 7. The largest absolute Gasteiger partial charge is 1.00 e. The fraction of sp³-hybridized carbons (Fsp3) is 0.714. The summed E-state index contributed by atoms with van der Waals surface area (Å²) in [4.78, 5) is 25.0. The van der Waals surface area contributed by atoms with Gasteiger partial charge in [0, 0.05) is 0 Å². The molecule has 0 heterocycles. The maximum absolute atomic E-state index is 12.8. The van der Waals surface area contributed by atoms with Gasteiger partial charge in [-0.2, -0.15) is 0 Å². The molecule has 0 aliphatic rings. The Bertz CT molecular complexity index is 1180. The van der Waals surface area contributed by atoms with Gasteiger partial charge >= 0.3 is 63.3 Å². The van der Waals surface area contributed by atoms with Gasteiger partial charge in [0.2, 0.25) is 0 Å². The first-order chi connectivity index (χ1) is 24.3. The Balaban J connectivity index is 0.0000250. The first-order valence-electron chi connectivity index (χ1n) is 20.0. The molecule has 286 valence electrons. The van der Waals surface area contributed by atoms with Gasteiger partial charge in [0.1, 0.15) is 23.3 Å². The van der Waals surface area contributed by atoms with Crippen LogP contribution in [0.3, 0.4) is 0 Å². The minimum absolute atomic E-state index is 0. The van der Waals surface area contributed by atoms with E-state index in [-0.39, 0.29) is 75.7 Å². The van der Waals surface area contributed by atoms with Crippen molar-refractivity contribution in [3.05, 3.63) is 53.6 Å². The van der Waals surface area contributed by atoms with Crippen LogP contribution in [0, 0.1) is 0 Å². The number of ether oxygens (including phenoxy) is 2. The van der Waals surface area contributed by atoms with Crippen molar-refractivity contribution in [2.45, 2.75) is 186 Å². The molecule has 0 radical (unpaired) electrons. The topological polar surface area (TPSA) is 110 Å². The van der Waals surface area contributed by atoms with E-state index in [0.717, 1.165) is 50.3 Å². The van der Waals surface area contributed by atoms with Gasteiger partial charge in [0.25, 0.3) is 0 Å². The Hall–Kier alpha value is -0.814. The molecule has 9 heteroatoms. The predicted molar refractivity (Wildman–Crippen MR) is 205 cm³/mol. The second kappa shape index (κ2) is 34.9. The smallest absolute Gasteiger partial charge is 0.744 e. The van der Waals surface area contributed by atoms with Crippen LogP contribution in [0.1, 0.15) is 202 Å². The van der Waals surface area contributed by atoms with Crippen molar-refractivity contribution in [2.24, 2.45) is 0 Å². The van der Waals surface area contributed by atoms with E-state index < -0.39 is 27.0 Å². The summed E-state index contributed by atoms with van der Waals surface area (Å²) in [6.45, 7) is 4.49. The maximum Gasteiger partial charge on any atom is 1.00 e. The number of benzene rings is 1. The van der Waals surface area contributed by atoms with Crippen molar-refractivity contribution >= 4 is 22.1 Å². The quantitative estimate of drug-likeness (QED) is 0.0231. The molecule has 0 N–H and O–H groups in total. The van der Waals surface area contributed by atoms with Crippen molar-refractivity contribution in [1.82, 2.24) is 0 Å². The molecular weight excluding hydrogens is 688 g/mol. The Labute approximate surface area is 354 Å². The van der Waals surface area contributed by atoms with E-state index in [1.54, 1.807) is 12.2 Å². The van der Waals surface area contributed by atoms with E-state index >= 15 is 0 Å². The van der Waals surface area contributed by atoms with Gasteiger partial charge in [-0.3, -0.25) is 0 Å². The first-order valence-corrected chi connectivity index (χ1v) is 21.5. The number of carbonyl (C=O) groups is 2. The molecule has 0 saturated carbocycles. The number of allylic oxidation sites excluding steroid dienone is 2. The number of carbonyl (C=O) groups excluding carboxylic acids is 2. The molecule has 0 saturated heterocycles. The summed E-state index contributed by atoms with van der Waals surface area (Å²) >= 11 is 0. The molecule has 1 aromatic carbocycles. The molecule has 0 atom stereocenters. The van der Waals surface area contributed by atoms with E-state index in [1.807, 2.05) is 12.2 Å². The zero-order valence-electron chi connectivity index (χ0n) is 32.6. The van der Waals surface area contributed by atoms with Gasteiger partial charge in [-0.1, -0.05) is 179 Å². The third kappa shape index (κ3) is 28.3. The van der Waals surface area contributed by atoms with Crippen LogP contribution in [-0.2, 0) is 19.6 Å². The number of unbranched alkanes of at least 4 members (excludes halogenated alkanes) is 24. The summed E-state index contributed by atoms with van der Waals surface area (Å²) in [5.41, 5.74) is -0.445. The van der Waals surface area contributed by atoms with Crippen LogP contribution < -0.4 is 51.4 Å². The van der Waals surface area contributed by atoms with Crippen LogP contribution >= 0.6 is 0 Å². The Morgan fingerprint density at radius 2 is 0.863 bits per heavy atom. The zero-order chi connectivity index (χ0) is 36.5. The molecule has 0 spiro atoms. The second-order valence-electron chi connectivity index (χ2n) is 13.7. The Morgan fingerprint density at radius 3 is 1.22 bits per heavy atom. The van der Waals surface area contributed by atoms with Crippen molar-refractivity contribution in [1.29, 1.82) is 0 Å². The van der Waals surface area contributed by atoms with Crippen LogP contribution in [0.15, 0.2) is 47.4 Å². The van der Waals surface area contributed by atoms with Crippen LogP contribution in [0.5, 0.6) is 0 Å². The van der Waals surface area contributed by atoms with Crippen LogP contribution in [0.4, 0.5) is 0 Å². The first kappa shape index (κ1) is 50.2. The zero-order valence-corrected chi connectivity index (χ0v) is 36.5. The van der Waals surface area contributed by atoms with E-state index in [9.17, 15) is 22.6 Å². The Kier molecular flexibility index (Phi) is 34.4. The van der Waals surface area contributed by atoms with Crippen molar-refractivity contribution in [3.8, 4) is 0 Å². The molecule has 0 aliphatic heterocycles. The van der Waals surface area contributed by atoms with Crippen molar-refractivity contribution in [2.75, 3.05) is 13.2 Å². The molecule has 1 rings (SSSR count). The fourth-order valence-corrected chi connectivity index (χ4v) is 6.50. The molecule has 0 aromatic heterocycles. The van der Waals surface area contributed by atoms with Gasteiger partial charge in [-0.05, 0) is 43.9 Å². The third-order valence-electron chi connectivity index (χ3n) is 9.12. The summed E-state index contributed by atoms with van der Waals surface area (Å²) in [6.07, 6.45) is 40.2. The number of hydrogen-bond donors (Lipinski definition) is 0. The van der Waals surface area contributed by atoms with Gasteiger partial charge in [-0.15, -0.1) is 0 Å². The van der Waals surface area contributed by atoms with Crippen LogP contribution in [-0.4, -0.2) is 38.1 Å². The molecule has 0 fully saturated rings. The SMILES string of the molecule is CCCCCCCCCCCCCC/C=C/COC(=O)c1ccc(S(=O)(=O)[O-])cc1C(=O)OC/C=C/CCCCCCCCCCCCCC.[K+]. The average Bonchev–Trinajstić information content (AvgIpc) is 3.10. The number of esters is 2. The summed E-state index contributed by atoms with van der Waals surface area (Å²) < 4.78 is 45.4. The average molecular weight is 757 g/mol. The normalized spacial score (nSPS) is 11.7. The predicted octanol–water partition coefficient (Wildman–Crippen LogP) is 9.20. The standard InChI is InChI=1S/C42H70O7S.K/c1-3-5-7-9-11-13-15-17-19-21-23-25-27-29-31-35-48-41(43)39-34-33-38(50(45,46)47)37-40(39)42(44)49-36-32-30-28-26-24-22-20-18-16-14-12-10-8-6-4-2;/h29-34,37H,3-28,35-36H2,1-2H3,(H,45,46,47);/q;+1/p-1/b31-29+,32-30+;. The minimum Gasteiger partial charge on any atom is -0.744 e. The molecule has 0 unspecified atom stereocenters. The van der Waals surface area contributed by atoms with Crippen molar-refractivity contribution in [3.63, 3.8) is 0 Å². The van der Waals surface area contributed by atoms with E-state index in [4.69, 9.17) is 9.47 Å². The van der Waals surface area contributed by atoms with Gasteiger partial charge in [0.15, 0.2) is 0 Å². The summed E-state index contributed by atoms with van der Waals surface area (Å²) in [5.74, 6) is -1.68. The second-order valence-corrected chi connectivity index (χ2v) is 15.0. The van der Waals surface area contributed by atoms with Crippen molar-refractivity contribution < 1.29 is 83.4 Å². The van der Waals surface area contributed by atoms with Crippen LogP contribution in [0.2, 0.25) is 0 Å². The van der Waals surface area contributed by atoms with E-state index in [0.29, 0.717) is 0 Å². The van der Waals surface area contributed by atoms with Gasteiger partial charge in [0.05, 0.1) is 16.0 Å². The molecule has 0 bridgehead atoms. The summed E-state index contributed by atoms with van der Waals surface area (Å²) in [7, 11) is -4.83. The fourth-order valence-electron chi connectivity index (χ4n) is 6.01. The van der Waals surface area contributed by atoms with E-state index in [2.05, 4.69) is 13.8 Å². The Morgan fingerprint density at radius 1 is 0.529 bits per heavy atom. The summed E-state index contributed by atoms with van der Waals surface area (Å²) in [6, 6.07) is 3.03. The third-order valence-corrected chi connectivity index (χ3v) is 9.95. The van der Waals surface area contributed by atoms with Gasteiger partial charge in [-0.25, -0.2) is 18.0 Å². The molecule has 0 amide bonds. The molecule has 0 aliphatic carbocycles. The molecule has 51 heavy (non-hydrogen) atoms. The minimum atomic E-state index is -4.83. The van der Waals surface area contributed by atoms with E-state index in [1.165, 1.54) is 135 Å². The van der Waals surface area contributed by atoms with Crippen LogP contribution in [0.25, 0.3) is 0 Å². The maximum atomic E-state index is 12.8. The summed E-state index contributed by atoms with van der Waals surface area (Å²) in [5, 5.41) is 0. The molecule has 1 aromatic rings. The molecular formula is C42H69KO7S. The molecule has 7 nitrogen and oxygen atoms in total.